The van der Waals surface area contributed by atoms with Crippen LogP contribution >= 0.6 is 0 Å². The van der Waals surface area contributed by atoms with Crippen molar-refractivity contribution in [2.24, 2.45) is 0 Å². The number of amides is 2. The number of hydrogen-bond donors (Lipinski definition) is 1. The second-order valence-electron chi connectivity index (χ2n) is 9.40. The van der Waals surface area contributed by atoms with Crippen molar-refractivity contribution in [3.05, 3.63) is 101 Å². The molecule has 7 nitrogen and oxygen atoms in total. The SMILES string of the molecule is CCNC(=O)C(Cc1ccccc1)N(Cc1ccc(C)cc1)C(=O)CN(c1ccc(CC)cc1)S(C)(=O)=O. The molecule has 1 unspecified atom stereocenters. The Balaban J connectivity index is 2.01. The van der Waals surface area contributed by atoms with Crippen molar-refractivity contribution in [2.75, 3.05) is 23.7 Å². The Morgan fingerprint density at radius 2 is 1.45 bits per heavy atom. The van der Waals surface area contributed by atoms with E-state index >= 15 is 0 Å². The fourth-order valence-corrected chi connectivity index (χ4v) is 5.10. The van der Waals surface area contributed by atoms with Gasteiger partial charge >= 0.3 is 0 Å². The molecule has 0 aromatic heterocycles. The van der Waals surface area contributed by atoms with Crippen LogP contribution in [-0.4, -0.2) is 50.5 Å². The number of nitrogens with one attached hydrogen (secondary N) is 1. The molecule has 0 spiro atoms. The van der Waals surface area contributed by atoms with Crippen LogP contribution < -0.4 is 9.62 Å². The molecule has 0 fully saturated rings. The molecule has 202 valence electrons. The van der Waals surface area contributed by atoms with E-state index in [1.165, 1.54) is 4.90 Å². The van der Waals surface area contributed by atoms with Gasteiger partial charge in [0.15, 0.2) is 0 Å². The lowest BCUT2D eigenvalue weighted by atomic mass is 10.0. The lowest BCUT2D eigenvalue weighted by Gasteiger charge is -2.33. The molecule has 1 N–H and O–H groups in total. The smallest absolute Gasteiger partial charge is 0.244 e. The van der Waals surface area contributed by atoms with Gasteiger partial charge in [0.1, 0.15) is 12.6 Å². The van der Waals surface area contributed by atoms with E-state index in [-0.39, 0.29) is 12.5 Å². The van der Waals surface area contributed by atoms with Crippen LogP contribution in [0.1, 0.15) is 36.1 Å². The number of benzene rings is 3. The molecule has 0 heterocycles. The summed E-state index contributed by atoms with van der Waals surface area (Å²) >= 11 is 0. The third kappa shape index (κ3) is 7.92. The molecule has 0 saturated heterocycles. The highest BCUT2D eigenvalue weighted by Gasteiger charge is 2.32. The van der Waals surface area contributed by atoms with Gasteiger partial charge in [-0.15, -0.1) is 0 Å². The molecule has 38 heavy (non-hydrogen) atoms. The van der Waals surface area contributed by atoms with Crippen LogP contribution in [0.4, 0.5) is 5.69 Å². The minimum atomic E-state index is -3.77. The highest BCUT2D eigenvalue weighted by molar-refractivity contribution is 7.92. The van der Waals surface area contributed by atoms with Crippen molar-refractivity contribution < 1.29 is 18.0 Å². The molecule has 1 atom stereocenters. The largest absolute Gasteiger partial charge is 0.355 e. The van der Waals surface area contributed by atoms with E-state index in [2.05, 4.69) is 5.32 Å². The summed E-state index contributed by atoms with van der Waals surface area (Å²) < 4.78 is 26.7. The van der Waals surface area contributed by atoms with Gasteiger partial charge < -0.3 is 10.2 Å². The molecular formula is C30H37N3O4S. The number of rotatable bonds is 12. The predicted octanol–water partition coefficient (Wildman–Crippen LogP) is 4.10. The highest BCUT2D eigenvalue weighted by atomic mass is 32.2. The van der Waals surface area contributed by atoms with E-state index < -0.39 is 28.5 Å². The molecule has 3 rings (SSSR count). The third-order valence-electron chi connectivity index (χ3n) is 6.41. The first kappa shape index (κ1) is 28.9. The van der Waals surface area contributed by atoms with Crippen molar-refractivity contribution in [3.8, 4) is 0 Å². The Hall–Kier alpha value is -3.65. The summed E-state index contributed by atoms with van der Waals surface area (Å²) in [5.41, 5.74) is 4.31. The zero-order valence-electron chi connectivity index (χ0n) is 22.6. The fourth-order valence-electron chi connectivity index (χ4n) is 4.25. The van der Waals surface area contributed by atoms with Crippen molar-refractivity contribution >= 4 is 27.5 Å². The number of hydrogen-bond acceptors (Lipinski definition) is 4. The van der Waals surface area contributed by atoms with Crippen LogP contribution in [0.2, 0.25) is 0 Å². The average Bonchev–Trinajstić information content (AvgIpc) is 2.90. The Kier molecular flexibility index (Phi) is 10.1. The number of carbonyl (C=O) groups excluding carboxylic acids is 2. The minimum Gasteiger partial charge on any atom is -0.355 e. The second-order valence-corrected chi connectivity index (χ2v) is 11.3. The molecule has 2 amide bonds. The number of carbonyl (C=O) groups is 2. The quantitative estimate of drug-likeness (QED) is 0.378. The van der Waals surface area contributed by atoms with Crippen LogP contribution in [0.15, 0.2) is 78.9 Å². The van der Waals surface area contributed by atoms with Crippen molar-refractivity contribution in [2.45, 2.75) is 46.2 Å². The maximum Gasteiger partial charge on any atom is 0.244 e. The Morgan fingerprint density at radius 1 is 0.842 bits per heavy atom. The topological polar surface area (TPSA) is 86.8 Å². The van der Waals surface area contributed by atoms with Crippen molar-refractivity contribution in [3.63, 3.8) is 0 Å². The summed E-state index contributed by atoms with van der Waals surface area (Å²) in [7, 11) is -3.77. The molecule has 0 aliphatic carbocycles. The number of nitrogens with zero attached hydrogens (tertiary/aromatic N) is 2. The van der Waals surface area contributed by atoms with Crippen LogP contribution in [0.5, 0.6) is 0 Å². The molecule has 0 aliphatic heterocycles. The molecule has 8 heteroatoms. The van der Waals surface area contributed by atoms with Gasteiger partial charge in [-0.3, -0.25) is 13.9 Å². The summed E-state index contributed by atoms with van der Waals surface area (Å²) in [5.74, 6) is -0.738. The van der Waals surface area contributed by atoms with Gasteiger partial charge in [-0.2, -0.15) is 0 Å². The first-order chi connectivity index (χ1) is 18.1. The number of likely N-dealkylation sites (N-methyl/N-ethyl adjacent to an activating group) is 1. The summed E-state index contributed by atoms with van der Waals surface area (Å²) in [6.07, 6.45) is 2.20. The van der Waals surface area contributed by atoms with Gasteiger partial charge in [0.25, 0.3) is 0 Å². The molecule has 3 aromatic carbocycles. The maximum atomic E-state index is 13.9. The summed E-state index contributed by atoms with van der Waals surface area (Å²) in [6, 6.07) is 23.6. The average molecular weight is 536 g/mol. The van der Waals surface area contributed by atoms with E-state index in [1.54, 1.807) is 12.1 Å². The lowest BCUT2D eigenvalue weighted by Crippen LogP contribution is -2.53. The molecule has 0 bridgehead atoms. The number of aryl methyl sites for hydroxylation is 2. The first-order valence-electron chi connectivity index (χ1n) is 12.9. The van der Waals surface area contributed by atoms with E-state index in [4.69, 9.17) is 0 Å². The first-order valence-corrected chi connectivity index (χ1v) is 14.7. The Bertz CT molecular complexity index is 1310. The lowest BCUT2D eigenvalue weighted by molar-refractivity contribution is -0.140. The minimum absolute atomic E-state index is 0.167. The molecule has 0 aliphatic rings. The van der Waals surface area contributed by atoms with Gasteiger partial charge in [-0.1, -0.05) is 79.2 Å². The molecular weight excluding hydrogens is 498 g/mol. The van der Waals surface area contributed by atoms with E-state index in [9.17, 15) is 18.0 Å². The van der Waals surface area contributed by atoms with Crippen LogP contribution in [-0.2, 0) is 39.0 Å². The van der Waals surface area contributed by atoms with Gasteiger partial charge in [0, 0.05) is 19.5 Å². The molecule has 0 saturated carbocycles. The third-order valence-corrected chi connectivity index (χ3v) is 7.55. The maximum absolute atomic E-state index is 13.9. The molecule has 3 aromatic rings. The predicted molar refractivity (Wildman–Crippen MR) is 152 cm³/mol. The van der Waals surface area contributed by atoms with Crippen LogP contribution in [0, 0.1) is 6.92 Å². The Labute approximate surface area is 226 Å². The summed E-state index contributed by atoms with van der Waals surface area (Å²) in [5, 5.41) is 2.86. The van der Waals surface area contributed by atoms with E-state index in [0.29, 0.717) is 18.7 Å². The van der Waals surface area contributed by atoms with Gasteiger partial charge in [-0.25, -0.2) is 8.42 Å². The van der Waals surface area contributed by atoms with Gasteiger partial charge in [0.05, 0.1) is 11.9 Å². The van der Waals surface area contributed by atoms with E-state index in [1.807, 2.05) is 87.5 Å². The number of anilines is 1. The normalized spacial score (nSPS) is 12.0. The van der Waals surface area contributed by atoms with E-state index in [0.717, 1.165) is 39.2 Å². The summed E-state index contributed by atoms with van der Waals surface area (Å²) in [4.78, 5) is 28.8. The van der Waals surface area contributed by atoms with Crippen LogP contribution in [0.3, 0.4) is 0 Å². The van der Waals surface area contributed by atoms with Crippen molar-refractivity contribution in [1.82, 2.24) is 10.2 Å². The standard InChI is InChI=1S/C30H37N3O4S/c1-5-24-16-18-27(19-17-24)33(38(4,36)37)22-29(34)32(21-26-14-12-23(3)13-15-26)28(30(35)31-6-2)20-25-10-8-7-9-11-25/h7-19,28H,5-6,20-22H2,1-4H3,(H,31,35). The van der Waals surface area contributed by atoms with Crippen LogP contribution in [0.25, 0.3) is 0 Å². The number of sulfonamides is 1. The zero-order valence-corrected chi connectivity index (χ0v) is 23.4. The van der Waals surface area contributed by atoms with Gasteiger partial charge in [0.2, 0.25) is 21.8 Å². The molecule has 0 radical (unpaired) electrons. The second kappa shape index (κ2) is 13.2. The van der Waals surface area contributed by atoms with Gasteiger partial charge in [-0.05, 0) is 49.1 Å². The Morgan fingerprint density at radius 3 is 2.00 bits per heavy atom. The monoisotopic (exact) mass is 535 g/mol. The zero-order chi connectivity index (χ0) is 27.7. The summed E-state index contributed by atoms with van der Waals surface area (Å²) in [6.45, 7) is 5.99. The highest BCUT2D eigenvalue weighted by Crippen LogP contribution is 2.21. The fraction of sp³-hybridized carbons (Fsp3) is 0.333. The van der Waals surface area contributed by atoms with Crippen molar-refractivity contribution in [1.29, 1.82) is 0 Å².